The van der Waals surface area contributed by atoms with Gasteiger partial charge in [-0.25, -0.2) is 13.2 Å². The molecule has 1 unspecified atom stereocenters. The molecule has 0 aromatic heterocycles. The molecule has 82 valence electrons. The van der Waals surface area contributed by atoms with E-state index in [1.54, 1.807) is 0 Å². The fourth-order valence-corrected chi connectivity index (χ4v) is 1.00. The van der Waals surface area contributed by atoms with E-state index in [1.165, 1.54) is 0 Å². The zero-order valence-electron chi connectivity index (χ0n) is 7.40. The zero-order valence-corrected chi connectivity index (χ0v) is 7.40. The van der Waals surface area contributed by atoms with Gasteiger partial charge in [0.05, 0.1) is 6.61 Å². The normalized spacial score (nSPS) is 19.1. The van der Waals surface area contributed by atoms with Gasteiger partial charge in [0.1, 0.15) is 12.7 Å². The maximum Gasteiger partial charge on any atom is 0.203 e. The molecule has 0 radical (unpaired) electrons. The van der Waals surface area contributed by atoms with Crippen LogP contribution in [0.3, 0.4) is 0 Å². The van der Waals surface area contributed by atoms with Gasteiger partial charge < -0.3 is 9.47 Å². The molecule has 1 aromatic carbocycles. The zero-order chi connectivity index (χ0) is 11.0. The number of epoxide rings is 1. The molecule has 1 fully saturated rings. The Bertz CT molecular complexity index is 390. The van der Waals surface area contributed by atoms with E-state index in [1.807, 2.05) is 0 Å². The molecule has 1 atom stereocenters. The van der Waals surface area contributed by atoms with E-state index in [4.69, 9.17) is 9.47 Å². The average Bonchev–Trinajstić information content (AvgIpc) is 3.02. The number of halogens is 4. The summed E-state index contributed by atoms with van der Waals surface area (Å²) in [5, 5.41) is 0. The lowest BCUT2D eigenvalue weighted by Crippen LogP contribution is -2.07. The van der Waals surface area contributed by atoms with Crippen molar-refractivity contribution < 1.29 is 27.0 Å². The smallest absolute Gasteiger partial charge is 0.203 e. The van der Waals surface area contributed by atoms with E-state index < -0.39 is 29.0 Å². The topological polar surface area (TPSA) is 21.8 Å². The minimum absolute atomic E-state index is 0.0125. The number of ether oxygens (including phenoxy) is 2. The lowest BCUT2D eigenvalue weighted by Gasteiger charge is -2.06. The second kappa shape index (κ2) is 3.69. The van der Waals surface area contributed by atoms with Crippen LogP contribution in [-0.2, 0) is 4.74 Å². The van der Waals surface area contributed by atoms with Gasteiger partial charge in [-0.2, -0.15) is 4.39 Å². The van der Waals surface area contributed by atoms with Crippen LogP contribution in [0, 0.1) is 23.3 Å². The molecule has 2 nitrogen and oxygen atoms in total. The molecule has 0 bridgehead atoms. The molecule has 1 aliphatic rings. The van der Waals surface area contributed by atoms with E-state index >= 15 is 0 Å². The van der Waals surface area contributed by atoms with Crippen LogP contribution in [-0.4, -0.2) is 19.3 Å². The average molecular weight is 222 g/mol. The Morgan fingerprint density at radius 1 is 1.20 bits per heavy atom. The molecule has 1 heterocycles. The van der Waals surface area contributed by atoms with Gasteiger partial charge in [0.2, 0.25) is 11.6 Å². The Balaban J connectivity index is 2.21. The van der Waals surface area contributed by atoms with Crippen molar-refractivity contribution in [2.75, 3.05) is 13.2 Å². The highest BCUT2D eigenvalue weighted by molar-refractivity contribution is 5.27. The maximum absolute atomic E-state index is 13.0. The summed E-state index contributed by atoms with van der Waals surface area (Å²) in [6.07, 6.45) is -0.180. The summed E-state index contributed by atoms with van der Waals surface area (Å²) in [6, 6.07) is 0.468. The van der Waals surface area contributed by atoms with Crippen LogP contribution < -0.4 is 4.74 Å². The summed E-state index contributed by atoms with van der Waals surface area (Å²) < 4.78 is 60.3. The first-order chi connectivity index (χ1) is 7.09. The van der Waals surface area contributed by atoms with Crippen molar-refractivity contribution in [1.82, 2.24) is 0 Å². The van der Waals surface area contributed by atoms with Gasteiger partial charge in [-0.3, -0.25) is 0 Å². The van der Waals surface area contributed by atoms with Crippen molar-refractivity contribution in [1.29, 1.82) is 0 Å². The van der Waals surface area contributed by atoms with Crippen LogP contribution in [0.15, 0.2) is 6.07 Å². The Morgan fingerprint density at radius 3 is 2.47 bits per heavy atom. The van der Waals surface area contributed by atoms with Crippen LogP contribution in [0.2, 0.25) is 0 Å². The van der Waals surface area contributed by atoms with E-state index in [-0.39, 0.29) is 12.7 Å². The number of hydrogen-bond acceptors (Lipinski definition) is 2. The molecule has 1 aromatic rings. The van der Waals surface area contributed by atoms with Gasteiger partial charge in [0, 0.05) is 6.07 Å². The highest BCUT2D eigenvalue weighted by atomic mass is 19.2. The largest absolute Gasteiger partial charge is 0.487 e. The lowest BCUT2D eigenvalue weighted by atomic mass is 10.3. The fourth-order valence-electron chi connectivity index (χ4n) is 1.00. The molecular formula is C9H6F4O2. The standard InChI is InChI=1S/C9H6F4O2/c10-5-1-6(15-3-4-2-14-4)8(12)9(13)7(5)11/h1,4H,2-3H2. The number of hydrogen-bond donors (Lipinski definition) is 0. The first kappa shape index (κ1) is 10.2. The van der Waals surface area contributed by atoms with Gasteiger partial charge >= 0.3 is 0 Å². The van der Waals surface area contributed by atoms with Crippen molar-refractivity contribution in [2.45, 2.75) is 6.10 Å². The second-order valence-corrected chi connectivity index (χ2v) is 3.06. The van der Waals surface area contributed by atoms with Gasteiger partial charge in [-0.15, -0.1) is 0 Å². The molecular weight excluding hydrogens is 216 g/mol. The first-order valence-electron chi connectivity index (χ1n) is 4.17. The van der Waals surface area contributed by atoms with E-state index in [9.17, 15) is 17.6 Å². The van der Waals surface area contributed by atoms with Gasteiger partial charge in [0.15, 0.2) is 17.4 Å². The third-order valence-electron chi connectivity index (χ3n) is 1.90. The van der Waals surface area contributed by atoms with E-state index in [0.29, 0.717) is 12.7 Å². The van der Waals surface area contributed by atoms with Crippen molar-refractivity contribution in [3.05, 3.63) is 29.3 Å². The van der Waals surface area contributed by atoms with Crippen molar-refractivity contribution in [3.63, 3.8) is 0 Å². The second-order valence-electron chi connectivity index (χ2n) is 3.06. The molecule has 0 aliphatic carbocycles. The molecule has 0 N–H and O–H groups in total. The van der Waals surface area contributed by atoms with Crippen LogP contribution in [0.1, 0.15) is 0 Å². The summed E-state index contributed by atoms with van der Waals surface area (Å²) in [7, 11) is 0. The quantitative estimate of drug-likeness (QED) is 0.338. The van der Waals surface area contributed by atoms with Crippen molar-refractivity contribution in [2.24, 2.45) is 0 Å². The predicted molar refractivity (Wildman–Crippen MR) is 41.5 cm³/mol. The molecule has 1 aliphatic heterocycles. The summed E-state index contributed by atoms with van der Waals surface area (Å²) in [4.78, 5) is 0. The predicted octanol–water partition coefficient (Wildman–Crippen LogP) is 2.02. The maximum atomic E-state index is 13.0. The van der Waals surface area contributed by atoms with Gasteiger partial charge in [0.25, 0.3) is 0 Å². The Morgan fingerprint density at radius 2 is 1.87 bits per heavy atom. The van der Waals surface area contributed by atoms with Gasteiger partial charge in [-0.1, -0.05) is 0 Å². The van der Waals surface area contributed by atoms with Crippen LogP contribution in [0.4, 0.5) is 17.6 Å². The highest BCUT2D eigenvalue weighted by Crippen LogP contribution is 2.25. The highest BCUT2D eigenvalue weighted by Gasteiger charge is 2.25. The Labute approximate surface area is 82.4 Å². The summed E-state index contributed by atoms with van der Waals surface area (Å²) in [5.41, 5.74) is 0. The monoisotopic (exact) mass is 222 g/mol. The van der Waals surface area contributed by atoms with Crippen LogP contribution in [0.5, 0.6) is 5.75 Å². The number of benzene rings is 1. The van der Waals surface area contributed by atoms with Crippen LogP contribution in [0.25, 0.3) is 0 Å². The molecule has 1 saturated heterocycles. The SMILES string of the molecule is Fc1cc(OCC2CO2)c(F)c(F)c1F. The third-order valence-corrected chi connectivity index (χ3v) is 1.90. The summed E-state index contributed by atoms with van der Waals surface area (Å²) in [5.74, 6) is -7.39. The summed E-state index contributed by atoms with van der Waals surface area (Å²) >= 11 is 0. The minimum Gasteiger partial charge on any atom is -0.487 e. The fraction of sp³-hybridized carbons (Fsp3) is 0.333. The van der Waals surface area contributed by atoms with E-state index in [2.05, 4.69) is 0 Å². The van der Waals surface area contributed by atoms with Crippen LogP contribution >= 0.6 is 0 Å². The Kier molecular flexibility index (Phi) is 2.52. The lowest BCUT2D eigenvalue weighted by molar-refractivity contribution is 0.246. The molecule has 6 heteroatoms. The molecule has 0 amide bonds. The third kappa shape index (κ3) is 2.04. The molecule has 0 spiro atoms. The first-order valence-corrected chi connectivity index (χ1v) is 4.17. The van der Waals surface area contributed by atoms with Crippen molar-refractivity contribution in [3.8, 4) is 5.75 Å². The molecule has 15 heavy (non-hydrogen) atoms. The van der Waals surface area contributed by atoms with Gasteiger partial charge in [-0.05, 0) is 0 Å². The Hall–Kier alpha value is -1.30. The molecule has 2 rings (SSSR count). The number of rotatable bonds is 3. The molecule has 0 saturated carbocycles. The minimum atomic E-state index is -1.87. The summed E-state index contributed by atoms with van der Waals surface area (Å²) in [6.45, 7) is 0.454. The van der Waals surface area contributed by atoms with Crippen molar-refractivity contribution >= 4 is 0 Å². The van der Waals surface area contributed by atoms with E-state index in [0.717, 1.165) is 0 Å².